The molecule has 24 heavy (non-hydrogen) atoms. The van der Waals surface area contributed by atoms with Crippen molar-refractivity contribution in [2.24, 2.45) is 0 Å². The van der Waals surface area contributed by atoms with Crippen molar-refractivity contribution in [1.82, 2.24) is 14.3 Å². The zero-order chi connectivity index (χ0) is 17.1. The molecule has 0 aliphatic heterocycles. The van der Waals surface area contributed by atoms with Crippen molar-refractivity contribution in [3.05, 3.63) is 87.6 Å². The van der Waals surface area contributed by atoms with Gasteiger partial charge < -0.3 is 4.57 Å². The zero-order valence-corrected chi connectivity index (χ0v) is 13.8. The highest BCUT2D eigenvalue weighted by atomic mass is 16.1. The summed E-state index contributed by atoms with van der Waals surface area (Å²) in [6.07, 6.45) is 1.69. The molecule has 0 atom stereocenters. The highest BCUT2D eigenvalue weighted by Gasteiger charge is 2.14. The van der Waals surface area contributed by atoms with Gasteiger partial charge in [-0.15, -0.1) is 0 Å². The third-order valence-corrected chi connectivity index (χ3v) is 3.89. The molecular formula is C19H19N3O2. The average Bonchev–Trinajstić information content (AvgIpc) is 2.93. The summed E-state index contributed by atoms with van der Waals surface area (Å²) in [5.74, 6) is -0.169. The first-order valence-electron chi connectivity index (χ1n) is 7.81. The van der Waals surface area contributed by atoms with E-state index < -0.39 is 0 Å². The van der Waals surface area contributed by atoms with Gasteiger partial charge in [0.1, 0.15) is 5.69 Å². The zero-order valence-electron chi connectivity index (χ0n) is 13.8. The van der Waals surface area contributed by atoms with Crippen LogP contribution in [0.1, 0.15) is 27.3 Å². The maximum atomic E-state index is 12.5. The molecule has 0 radical (unpaired) electrons. The van der Waals surface area contributed by atoms with Crippen LogP contribution in [-0.2, 0) is 13.1 Å². The van der Waals surface area contributed by atoms with Crippen molar-refractivity contribution in [2.45, 2.75) is 26.9 Å². The van der Waals surface area contributed by atoms with E-state index in [1.54, 1.807) is 18.3 Å². The second kappa shape index (κ2) is 6.66. The van der Waals surface area contributed by atoms with E-state index in [1.807, 2.05) is 48.9 Å². The molecule has 1 aromatic carbocycles. The second-order valence-corrected chi connectivity index (χ2v) is 5.91. The molecule has 0 unspecified atom stereocenters. The summed E-state index contributed by atoms with van der Waals surface area (Å²) < 4.78 is 3.23. The normalized spacial score (nSPS) is 10.8. The van der Waals surface area contributed by atoms with Crippen LogP contribution in [0.4, 0.5) is 0 Å². The Morgan fingerprint density at radius 3 is 2.58 bits per heavy atom. The summed E-state index contributed by atoms with van der Waals surface area (Å²) in [5.41, 5.74) is 3.18. The fourth-order valence-electron chi connectivity index (χ4n) is 2.57. The Labute approximate surface area is 140 Å². The van der Waals surface area contributed by atoms with Gasteiger partial charge >= 0.3 is 0 Å². The number of benzene rings is 1. The molecule has 0 N–H and O–H groups in total. The molecule has 2 heterocycles. The van der Waals surface area contributed by atoms with Crippen molar-refractivity contribution in [2.75, 3.05) is 0 Å². The highest BCUT2D eigenvalue weighted by molar-refractivity contribution is 5.94. The number of aryl methyl sites for hydroxylation is 2. The van der Waals surface area contributed by atoms with Gasteiger partial charge in [0.2, 0.25) is 5.78 Å². The van der Waals surface area contributed by atoms with Crippen molar-refractivity contribution in [3.63, 3.8) is 0 Å². The van der Waals surface area contributed by atoms with Crippen LogP contribution in [0.3, 0.4) is 0 Å². The monoisotopic (exact) mass is 321 g/mol. The lowest BCUT2D eigenvalue weighted by atomic mass is 10.2. The van der Waals surface area contributed by atoms with E-state index in [0.29, 0.717) is 12.2 Å². The van der Waals surface area contributed by atoms with Gasteiger partial charge in [-0.2, -0.15) is 5.10 Å². The maximum Gasteiger partial charge on any atom is 0.250 e. The highest BCUT2D eigenvalue weighted by Crippen LogP contribution is 2.09. The third-order valence-electron chi connectivity index (χ3n) is 3.89. The molecule has 122 valence electrons. The molecule has 0 fully saturated rings. The first-order chi connectivity index (χ1) is 11.5. The van der Waals surface area contributed by atoms with Crippen LogP contribution in [0.2, 0.25) is 0 Å². The molecule has 0 amide bonds. The second-order valence-electron chi connectivity index (χ2n) is 5.91. The number of hydrogen-bond acceptors (Lipinski definition) is 3. The Morgan fingerprint density at radius 2 is 1.83 bits per heavy atom. The lowest BCUT2D eigenvalue weighted by Gasteiger charge is -2.05. The van der Waals surface area contributed by atoms with E-state index in [1.165, 1.54) is 10.6 Å². The molecule has 5 nitrogen and oxygen atoms in total. The van der Waals surface area contributed by atoms with Crippen LogP contribution < -0.4 is 5.56 Å². The number of Topliss-reactive ketones (excluding diaryl/α,β-unsaturated/α-hetero) is 1. The SMILES string of the molecule is Cc1ccc(=O)n(CC(=O)c2cc(C)n(Cc3ccccc3)n2)c1. The van der Waals surface area contributed by atoms with Crippen LogP contribution in [0.25, 0.3) is 0 Å². The van der Waals surface area contributed by atoms with E-state index >= 15 is 0 Å². The topological polar surface area (TPSA) is 56.9 Å². The fraction of sp³-hybridized carbons (Fsp3) is 0.211. The quantitative estimate of drug-likeness (QED) is 0.679. The summed E-state index contributed by atoms with van der Waals surface area (Å²) in [6.45, 7) is 4.43. The van der Waals surface area contributed by atoms with Gasteiger partial charge in [-0.3, -0.25) is 14.3 Å². The number of pyridine rings is 1. The van der Waals surface area contributed by atoms with Crippen molar-refractivity contribution in [1.29, 1.82) is 0 Å². The number of ketones is 1. The third kappa shape index (κ3) is 3.51. The van der Waals surface area contributed by atoms with Crippen molar-refractivity contribution in [3.8, 4) is 0 Å². The Morgan fingerprint density at radius 1 is 1.08 bits per heavy atom. The minimum Gasteiger partial charge on any atom is -0.307 e. The summed E-state index contributed by atoms with van der Waals surface area (Å²) in [4.78, 5) is 24.3. The van der Waals surface area contributed by atoms with Crippen molar-refractivity contribution < 1.29 is 4.79 Å². The smallest absolute Gasteiger partial charge is 0.250 e. The molecule has 0 aliphatic rings. The van der Waals surface area contributed by atoms with Gasteiger partial charge in [0.05, 0.1) is 13.1 Å². The molecule has 5 heteroatoms. The van der Waals surface area contributed by atoms with E-state index in [9.17, 15) is 9.59 Å². The lowest BCUT2D eigenvalue weighted by molar-refractivity contribution is 0.0965. The first kappa shape index (κ1) is 15.9. The summed E-state index contributed by atoms with van der Waals surface area (Å²) in [5, 5.41) is 4.41. The molecule has 0 bridgehead atoms. The van der Waals surface area contributed by atoms with Crippen LogP contribution >= 0.6 is 0 Å². The van der Waals surface area contributed by atoms with Gasteiger partial charge in [-0.25, -0.2) is 0 Å². The molecule has 0 saturated carbocycles. The predicted molar refractivity (Wildman–Crippen MR) is 92.3 cm³/mol. The lowest BCUT2D eigenvalue weighted by Crippen LogP contribution is -2.23. The molecule has 2 aromatic heterocycles. The summed E-state index contributed by atoms with van der Waals surface area (Å²) >= 11 is 0. The van der Waals surface area contributed by atoms with Gasteiger partial charge in [0.15, 0.2) is 0 Å². The summed E-state index contributed by atoms with van der Waals surface area (Å²) in [6, 6.07) is 14.9. The molecule has 0 spiro atoms. The number of rotatable bonds is 5. The maximum absolute atomic E-state index is 12.5. The Hall–Kier alpha value is -2.95. The van der Waals surface area contributed by atoms with E-state index in [2.05, 4.69) is 5.10 Å². The van der Waals surface area contributed by atoms with E-state index in [4.69, 9.17) is 0 Å². The number of carbonyl (C=O) groups excluding carboxylic acids is 1. The van der Waals surface area contributed by atoms with Gasteiger partial charge in [-0.05, 0) is 31.0 Å². The predicted octanol–water partition coefficient (Wildman–Crippen LogP) is 2.59. The number of aromatic nitrogens is 3. The molecular weight excluding hydrogens is 302 g/mol. The van der Waals surface area contributed by atoms with Crippen LogP contribution in [0, 0.1) is 13.8 Å². The van der Waals surface area contributed by atoms with Gasteiger partial charge in [0.25, 0.3) is 5.56 Å². The van der Waals surface area contributed by atoms with Crippen LogP contribution in [-0.4, -0.2) is 20.1 Å². The Bertz CT molecular complexity index is 923. The summed E-state index contributed by atoms with van der Waals surface area (Å²) in [7, 11) is 0. The minimum atomic E-state index is -0.186. The Balaban J connectivity index is 1.80. The van der Waals surface area contributed by atoms with Gasteiger partial charge in [-0.1, -0.05) is 36.4 Å². The molecule has 3 aromatic rings. The fourth-order valence-corrected chi connectivity index (χ4v) is 2.57. The molecule has 0 aliphatic carbocycles. The average molecular weight is 321 g/mol. The molecule has 3 rings (SSSR count). The number of nitrogens with zero attached hydrogens (tertiary/aromatic N) is 3. The van der Waals surface area contributed by atoms with Gasteiger partial charge in [0, 0.05) is 18.0 Å². The largest absolute Gasteiger partial charge is 0.307 e. The number of hydrogen-bond donors (Lipinski definition) is 0. The standard InChI is InChI=1S/C19H19N3O2/c1-14-8-9-19(24)21(11-14)13-18(23)17-10-15(2)22(20-17)12-16-6-4-3-5-7-16/h3-11H,12-13H2,1-2H3. The van der Waals surface area contributed by atoms with E-state index in [-0.39, 0.29) is 17.9 Å². The van der Waals surface area contributed by atoms with Crippen LogP contribution in [0.15, 0.2) is 59.5 Å². The minimum absolute atomic E-state index is 0.00229. The van der Waals surface area contributed by atoms with Crippen molar-refractivity contribution >= 4 is 5.78 Å². The van der Waals surface area contributed by atoms with Crippen LogP contribution in [0.5, 0.6) is 0 Å². The first-order valence-corrected chi connectivity index (χ1v) is 7.81. The number of carbonyl (C=O) groups is 1. The molecule has 0 saturated heterocycles. The Kier molecular flexibility index (Phi) is 4.42. The van der Waals surface area contributed by atoms with E-state index in [0.717, 1.165) is 16.8 Å².